The Morgan fingerprint density at radius 2 is 1.71 bits per heavy atom. The minimum atomic E-state index is -3.91. The minimum Gasteiger partial charge on any atom is -0.335 e. The third kappa shape index (κ3) is 3.12. The molecule has 7 heteroatoms. The maximum atomic E-state index is 14.1. The first-order valence-electron chi connectivity index (χ1n) is 9.52. The summed E-state index contributed by atoms with van der Waals surface area (Å²) >= 11 is 0. The van der Waals surface area contributed by atoms with Gasteiger partial charge >= 0.3 is 0 Å². The van der Waals surface area contributed by atoms with Crippen LogP contribution in [0.25, 0.3) is 0 Å². The number of hydrogen-bond donors (Lipinski definition) is 0. The van der Waals surface area contributed by atoms with Gasteiger partial charge in [0.2, 0.25) is 15.9 Å². The third-order valence-electron chi connectivity index (χ3n) is 5.85. The van der Waals surface area contributed by atoms with Crippen LogP contribution < -0.4 is 0 Å². The normalized spacial score (nSPS) is 25.1. The number of likely N-dealkylation sites (tertiary alicyclic amines) is 1. The number of amides is 1. The van der Waals surface area contributed by atoms with Gasteiger partial charge in [-0.1, -0.05) is 49.4 Å². The average Bonchev–Trinajstić information content (AvgIpc) is 3.26. The first kappa shape index (κ1) is 19.1. The van der Waals surface area contributed by atoms with Crippen molar-refractivity contribution >= 4 is 15.9 Å². The van der Waals surface area contributed by atoms with Gasteiger partial charge in [0.05, 0.1) is 6.04 Å². The van der Waals surface area contributed by atoms with Crippen molar-refractivity contribution in [3.8, 4) is 0 Å². The molecule has 2 aromatic carbocycles. The summed E-state index contributed by atoms with van der Waals surface area (Å²) in [7, 11) is -3.91. The Morgan fingerprint density at radius 3 is 2.39 bits per heavy atom. The van der Waals surface area contributed by atoms with E-state index in [1.807, 2.05) is 42.2 Å². The molecule has 4 rings (SSSR count). The average molecular weight is 402 g/mol. The quantitative estimate of drug-likeness (QED) is 0.790. The fourth-order valence-electron chi connectivity index (χ4n) is 4.53. The molecule has 0 spiro atoms. The highest BCUT2D eigenvalue weighted by molar-refractivity contribution is 7.89. The van der Waals surface area contributed by atoms with Gasteiger partial charge in [-0.15, -0.1) is 0 Å². The number of carbonyl (C=O) groups excluding carboxylic acids is 1. The van der Waals surface area contributed by atoms with Gasteiger partial charge < -0.3 is 4.90 Å². The summed E-state index contributed by atoms with van der Waals surface area (Å²) in [5.74, 6) is -0.615. The molecule has 2 aliphatic heterocycles. The number of nitrogens with zero attached hydrogens (tertiary/aromatic N) is 2. The van der Waals surface area contributed by atoms with Crippen molar-refractivity contribution in [3.05, 3.63) is 66.0 Å². The van der Waals surface area contributed by atoms with Crippen LogP contribution in [0.15, 0.2) is 59.5 Å². The zero-order chi connectivity index (χ0) is 19.9. The van der Waals surface area contributed by atoms with E-state index in [0.717, 1.165) is 11.6 Å². The van der Waals surface area contributed by atoms with Crippen molar-refractivity contribution in [2.24, 2.45) is 11.8 Å². The lowest BCUT2D eigenvalue weighted by atomic mass is 9.89. The topological polar surface area (TPSA) is 57.7 Å². The molecule has 2 saturated heterocycles. The molecule has 0 N–H and O–H groups in total. The molecule has 148 valence electrons. The Balaban J connectivity index is 1.65. The number of benzene rings is 2. The SMILES string of the molecule is CCC(=O)N1C[C@@H]2CN(S(=O)(=O)c3ccccc3F)C[C@@H]2[C@@H]1c1ccccc1. The summed E-state index contributed by atoms with van der Waals surface area (Å²) < 4.78 is 41.5. The van der Waals surface area contributed by atoms with Crippen LogP contribution in [0.4, 0.5) is 4.39 Å². The molecule has 2 aliphatic rings. The van der Waals surface area contributed by atoms with Gasteiger partial charge in [-0.25, -0.2) is 12.8 Å². The third-order valence-corrected chi connectivity index (χ3v) is 7.71. The Morgan fingerprint density at radius 1 is 1.04 bits per heavy atom. The van der Waals surface area contributed by atoms with Gasteiger partial charge in [0.15, 0.2) is 0 Å². The summed E-state index contributed by atoms with van der Waals surface area (Å²) in [4.78, 5) is 14.1. The molecule has 0 radical (unpaired) electrons. The molecular formula is C21H23FN2O3S. The van der Waals surface area contributed by atoms with Gasteiger partial charge in [-0.05, 0) is 23.6 Å². The highest BCUT2D eigenvalue weighted by Crippen LogP contribution is 2.46. The van der Waals surface area contributed by atoms with Crippen molar-refractivity contribution in [2.75, 3.05) is 19.6 Å². The highest BCUT2D eigenvalue weighted by Gasteiger charge is 2.51. The van der Waals surface area contributed by atoms with E-state index in [-0.39, 0.29) is 35.2 Å². The van der Waals surface area contributed by atoms with Crippen LogP contribution in [0.2, 0.25) is 0 Å². The fourth-order valence-corrected chi connectivity index (χ4v) is 6.13. The summed E-state index contributed by atoms with van der Waals surface area (Å²) in [6.45, 7) is 2.96. The van der Waals surface area contributed by atoms with Gasteiger partial charge in [-0.2, -0.15) is 4.31 Å². The fraction of sp³-hybridized carbons (Fsp3) is 0.381. The van der Waals surface area contributed by atoms with E-state index in [4.69, 9.17) is 0 Å². The van der Waals surface area contributed by atoms with Gasteiger partial charge in [0, 0.05) is 32.0 Å². The molecule has 0 aliphatic carbocycles. The van der Waals surface area contributed by atoms with Crippen molar-refractivity contribution in [1.29, 1.82) is 0 Å². The Kier molecular flexibility index (Phi) is 4.97. The molecule has 3 atom stereocenters. The number of carbonyl (C=O) groups is 1. The lowest BCUT2D eigenvalue weighted by Crippen LogP contribution is -2.37. The van der Waals surface area contributed by atoms with E-state index in [1.165, 1.54) is 22.5 Å². The smallest absolute Gasteiger partial charge is 0.246 e. The molecule has 28 heavy (non-hydrogen) atoms. The summed E-state index contributed by atoms with van der Waals surface area (Å²) in [5.41, 5.74) is 1.02. The first-order valence-corrected chi connectivity index (χ1v) is 11.0. The second kappa shape index (κ2) is 7.29. The number of sulfonamides is 1. The largest absolute Gasteiger partial charge is 0.335 e. The van der Waals surface area contributed by atoms with E-state index >= 15 is 0 Å². The Labute approximate surface area is 164 Å². The molecular weight excluding hydrogens is 379 g/mol. The van der Waals surface area contributed by atoms with Gasteiger partial charge in [0.25, 0.3) is 0 Å². The lowest BCUT2D eigenvalue weighted by molar-refractivity contribution is -0.132. The Bertz CT molecular complexity index is 980. The maximum absolute atomic E-state index is 14.1. The zero-order valence-electron chi connectivity index (χ0n) is 15.7. The molecule has 2 heterocycles. The van der Waals surface area contributed by atoms with Crippen molar-refractivity contribution in [2.45, 2.75) is 24.3 Å². The van der Waals surface area contributed by atoms with Crippen LogP contribution in [0.1, 0.15) is 24.9 Å². The maximum Gasteiger partial charge on any atom is 0.246 e. The standard InChI is InChI=1S/C21H23FN2O3S/c1-2-20(25)24-13-16-12-23(28(26,27)19-11-7-6-10-18(19)22)14-17(16)21(24)15-8-4-3-5-9-15/h3-11,16-17,21H,2,12-14H2,1H3/t16-,17-,21-/m0/s1. The zero-order valence-corrected chi connectivity index (χ0v) is 16.5. The van der Waals surface area contributed by atoms with Crippen molar-refractivity contribution in [1.82, 2.24) is 9.21 Å². The van der Waals surface area contributed by atoms with Crippen LogP contribution in [-0.2, 0) is 14.8 Å². The molecule has 0 unspecified atom stereocenters. The predicted molar refractivity (Wildman–Crippen MR) is 103 cm³/mol. The summed E-state index contributed by atoms with van der Waals surface area (Å²) in [6, 6.07) is 15.1. The van der Waals surface area contributed by atoms with Crippen LogP contribution in [0.5, 0.6) is 0 Å². The number of rotatable bonds is 4. The molecule has 0 saturated carbocycles. The van der Waals surface area contributed by atoms with Crippen LogP contribution >= 0.6 is 0 Å². The van der Waals surface area contributed by atoms with Crippen LogP contribution in [-0.4, -0.2) is 43.2 Å². The number of halogens is 1. The molecule has 5 nitrogen and oxygen atoms in total. The predicted octanol–water partition coefficient (Wildman–Crippen LogP) is 3.06. The molecule has 0 aromatic heterocycles. The summed E-state index contributed by atoms with van der Waals surface area (Å²) in [5, 5.41) is 0. The molecule has 0 bridgehead atoms. The van der Waals surface area contributed by atoms with Crippen molar-refractivity contribution in [3.63, 3.8) is 0 Å². The minimum absolute atomic E-state index is 0.000511. The van der Waals surface area contributed by atoms with Gasteiger partial charge in [-0.3, -0.25) is 4.79 Å². The van der Waals surface area contributed by atoms with Gasteiger partial charge in [0.1, 0.15) is 10.7 Å². The molecule has 1 amide bonds. The molecule has 2 aromatic rings. The van der Waals surface area contributed by atoms with E-state index in [2.05, 4.69) is 0 Å². The molecule has 2 fully saturated rings. The second-order valence-corrected chi connectivity index (χ2v) is 9.34. The van der Waals surface area contributed by atoms with E-state index in [0.29, 0.717) is 19.5 Å². The number of fused-ring (bicyclic) bond motifs is 1. The highest BCUT2D eigenvalue weighted by atomic mass is 32.2. The first-order chi connectivity index (χ1) is 13.4. The summed E-state index contributed by atoms with van der Waals surface area (Å²) in [6.07, 6.45) is 0.417. The van der Waals surface area contributed by atoms with E-state index in [1.54, 1.807) is 0 Å². The monoisotopic (exact) mass is 402 g/mol. The van der Waals surface area contributed by atoms with Crippen LogP contribution in [0.3, 0.4) is 0 Å². The number of hydrogen-bond acceptors (Lipinski definition) is 3. The lowest BCUT2D eigenvalue weighted by Gasteiger charge is -2.29. The van der Waals surface area contributed by atoms with E-state index < -0.39 is 15.8 Å². The Hall–Kier alpha value is -2.25. The van der Waals surface area contributed by atoms with E-state index in [9.17, 15) is 17.6 Å². The van der Waals surface area contributed by atoms with Crippen molar-refractivity contribution < 1.29 is 17.6 Å². The second-order valence-electron chi connectivity index (χ2n) is 7.43. The van der Waals surface area contributed by atoms with Crippen LogP contribution in [0, 0.1) is 17.7 Å².